The molecule has 1 aliphatic rings. The molecule has 0 aliphatic heterocycles. The number of amides is 1. The molecule has 1 saturated carbocycles. The molecule has 0 unspecified atom stereocenters. The Morgan fingerprint density at radius 2 is 2.06 bits per heavy atom. The molecular formula is C10H9F3N2O. The van der Waals surface area contributed by atoms with E-state index in [0.717, 1.165) is 25.0 Å². The van der Waals surface area contributed by atoms with Crippen molar-refractivity contribution >= 4 is 11.7 Å². The van der Waals surface area contributed by atoms with Crippen LogP contribution in [0.25, 0.3) is 0 Å². The standard InChI is InChI=1S/C10H9F3N2O/c11-10(12,13)7-3-4-8(14-5-7)15-9(16)6-1-2-6/h3-6H,1-2H2,(H,14,15,16). The summed E-state index contributed by atoms with van der Waals surface area (Å²) in [6.07, 6.45) is -2.01. The van der Waals surface area contributed by atoms with Crippen molar-refractivity contribution < 1.29 is 18.0 Å². The lowest BCUT2D eigenvalue weighted by atomic mass is 10.3. The van der Waals surface area contributed by atoms with E-state index >= 15 is 0 Å². The molecule has 0 radical (unpaired) electrons. The Morgan fingerprint density at radius 1 is 1.38 bits per heavy atom. The van der Waals surface area contributed by atoms with Gasteiger partial charge in [-0.2, -0.15) is 13.2 Å². The van der Waals surface area contributed by atoms with Gasteiger partial charge in [0.2, 0.25) is 5.91 Å². The molecule has 3 nitrogen and oxygen atoms in total. The van der Waals surface area contributed by atoms with Gasteiger partial charge >= 0.3 is 6.18 Å². The highest BCUT2D eigenvalue weighted by Gasteiger charge is 2.32. The molecule has 16 heavy (non-hydrogen) atoms. The van der Waals surface area contributed by atoms with Crippen molar-refractivity contribution in [1.82, 2.24) is 4.98 Å². The predicted octanol–water partition coefficient (Wildman–Crippen LogP) is 2.45. The molecule has 6 heteroatoms. The second kappa shape index (κ2) is 3.77. The summed E-state index contributed by atoms with van der Waals surface area (Å²) in [6, 6.07) is 2.05. The summed E-state index contributed by atoms with van der Waals surface area (Å²) in [5, 5.41) is 2.47. The van der Waals surface area contributed by atoms with Crippen LogP contribution < -0.4 is 5.32 Å². The zero-order valence-electron chi connectivity index (χ0n) is 8.21. The Bertz CT molecular complexity index is 396. The molecule has 0 spiro atoms. The van der Waals surface area contributed by atoms with Crippen LogP contribution in [-0.4, -0.2) is 10.9 Å². The van der Waals surface area contributed by atoms with Crippen LogP contribution in [0.4, 0.5) is 19.0 Å². The summed E-state index contributed by atoms with van der Waals surface area (Å²) in [6.45, 7) is 0. The number of aromatic nitrogens is 1. The number of nitrogens with zero attached hydrogens (tertiary/aromatic N) is 1. The van der Waals surface area contributed by atoms with Gasteiger partial charge in [0, 0.05) is 12.1 Å². The van der Waals surface area contributed by atoms with E-state index in [9.17, 15) is 18.0 Å². The van der Waals surface area contributed by atoms with Crippen LogP contribution in [-0.2, 0) is 11.0 Å². The van der Waals surface area contributed by atoms with Crippen molar-refractivity contribution in [2.75, 3.05) is 5.32 Å². The number of pyridine rings is 1. The van der Waals surface area contributed by atoms with E-state index in [1.54, 1.807) is 0 Å². The molecule has 0 bridgehead atoms. The number of hydrogen-bond acceptors (Lipinski definition) is 2. The Balaban J connectivity index is 2.04. The number of carbonyl (C=O) groups excluding carboxylic acids is 1. The molecule has 0 atom stereocenters. The fourth-order valence-corrected chi connectivity index (χ4v) is 1.21. The van der Waals surface area contributed by atoms with Gasteiger partial charge in [-0.15, -0.1) is 0 Å². The molecule has 1 heterocycles. The van der Waals surface area contributed by atoms with E-state index < -0.39 is 11.7 Å². The van der Waals surface area contributed by atoms with Crippen molar-refractivity contribution in [2.45, 2.75) is 19.0 Å². The average molecular weight is 230 g/mol. The predicted molar refractivity (Wildman–Crippen MR) is 50.6 cm³/mol. The van der Waals surface area contributed by atoms with E-state index in [1.165, 1.54) is 0 Å². The Morgan fingerprint density at radius 3 is 2.50 bits per heavy atom. The fraction of sp³-hybridized carbons (Fsp3) is 0.400. The van der Waals surface area contributed by atoms with Crippen molar-refractivity contribution in [2.24, 2.45) is 5.92 Å². The van der Waals surface area contributed by atoms with Crippen molar-refractivity contribution in [3.63, 3.8) is 0 Å². The van der Waals surface area contributed by atoms with Crippen LogP contribution in [0.3, 0.4) is 0 Å². The van der Waals surface area contributed by atoms with Crippen LogP contribution in [0.15, 0.2) is 18.3 Å². The molecule has 1 aromatic rings. The largest absolute Gasteiger partial charge is 0.417 e. The van der Waals surface area contributed by atoms with E-state index in [-0.39, 0.29) is 17.6 Å². The first-order valence-corrected chi connectivity index (χ1v) is 4.81. The summed E-state index contributed by atoms with van der Waals surface area (Å²) in [4.78, 5) is 14.8. The highest BCUT2D eigenvalue weighted by molar-refractivity contribution is 5.93. The van der Waals surface area contributed by atoms with Gasteiger partial charge in [-0.25, -0.2) is 4.98 Å². The molecule has 1 amide bonds. The fourth-order valence-electron chi connectivity index (χ4n) is 1.21. The van der Waals surface area contributed by atoms with Gasteiger partial charge in [0.1, 0.15) is 5.82 Å². The smallest absolute Gasteiger partial charge is 0.310 e. The van der Waals surface area contributed by atoms with Gasteiger partial charge in [0.05, 0.1) is 5.56 Å². The third-order valence-corrected chi connectivity index (χ3v) is 2.29. The lowest BCUT2D eigenvalue weighted by Gasteiger charge is -2.07. The maximum atomic E-state index is 12.2. The first-order chi connectivity index (χ1) is 7.47. The number of nitrogens with one attached hydrogen (secondary N) is 1. The highest BCUT2D eigenvalue weighted by atomic mass is 19.4. The number of alkyl halides is 3. The second-order valence-corrected chi connectivity index (χ2v) is 3.69. The first-order valence-electron chi connectivity index (χ1n) is 4.81. The normalized spacial score (nSPS) is 15.9. The third-order valence-electron chi connectivity index (χ3n) is 2.29. The van der Waals surface area contributed by atoms with Crippen molar-refractivity contribution in [1.29, 1.82) is 0 Å². The second-order valence-electron chi connectivity index (χ2n) is 3.69. The van der Waals surface area contributed by atoms with Gasteiger partial charge in [0.15, 0.2) is 0 Å². The van der Waals surface area contributed by atoms with Crippen LogP contribution in [0.2, 0.25) is 0 Å². The van der Waals surface area contributed by atoms with Crippen LogP contribution >= 0.6 is 0 Å². The first kappa shape index (κ1) is 10.9. The quantitative estimate of drug-likeness (QED) is 0.847. The zero-order chi connectivity index (χ0) is 11.8. The van der Waals surface area contributed by atoms with E-state index in [2.05, 4.69) is 10.3 Å². The number of rotatable bonds is 2. The van der Waals surface area contributed by atoms with Crippen LogP contribution in [0.1, 0.15) is 18.4 Å². The summed E-state index contributed by atoms with van der Waals surface area (Å²) in [5.74, 6) is -0.0127. The number of carbonyl (C=O) groups is 1. The molecular weight excluding hydrogens is 221 g/mol. The monoisotopic (exact) mass is 230 g/mol. The topological polar surface area (TPSA) is 42.0 Å². The average Bonchev–Trinajstić information content (AvgIpc) is 3.00. The van der Waals surface area contributed by atoms with E-state index in [1.807, 2.05) is 0 Å². The Kier molecular flexibility index (Phi) is 2.57. The van der Waals surface area contributed by atoms with Gasteiger partial charge in [-0.05, 0) is 25.0 Å². The molecule has 0 saturated heterocycles. The van der Waals surface area contributed by atoms with Crippen molar-refractivity contribution in [3.05, 3.63) is 23.9 Å². The van der Waals surface area contributed by atoms with Gasteiger partial charge in [-0.3, -0.25) is 4.79 Å². The maximum absolute atomic E-state index is 12.2. The van der Waals surface area contributed by atoms with E-state index in [0.29, 0.717) is 6.20 Å². The summed E-state index contributed by atoms with van der Waals surface area (Å²) in [7, 11) is 0. The number of hydrogen-bond donors (Lipinski definition) is 1. The summed E-state index contributed by atoms with van der Waals surface area (Å²) >= 11 is 0. The minimum atomic E-state index is -4.40. The molecule has 1 aliphatic carbocycles. The Labute approximate surface area is 89.7 Å². The van der Waals surface area contributed by atoms with Crippen LogP contribution in [0.5, 0.6) is 0 Å². The summed E-state index contributed by atoms with van der Waals surface area (Å²) in [5.41, 5.74) is -0.822. The molecule has 86 valence electrons. The highest BCUT2D eigenvalue weighted by Crippen LogP contribution is 2.31. The maximum Gasteiger partial charge on any atom is 0.417 e. The number of anilines is 1. The molecule has 0 aromatic carbocycles. The van der Waals surface area contributed by atoms with Gasteiger partial charge < -0.3 is 5.32 Å². The minimum Gasteiger partial charge on any atom is -0.310 e. The van der Waals surface area contributed by atoms with E-state index in [4.69, 9.17) is 0 Å². The van der Waals surface area contributed by atoms with Crippen LogP contribution in [0, 0.1) is 5.92 Å². The molecule has 2 rings (SSSR count). The van der Waals surface area contributed by atoms with Gasteiger partial charge in [0.25, 0.3) is 0 Å². The molecule has 1 aromatic heterocycles. The van der Waals surface area contributed by atoms with Crippen molar-refractivity contribution in [3.8, 4) is 0 Å². The number of halogens is 3. The molecule has 1 N–H and O–H groups in total. The lowest BCUT2D eigenvalue weighted by Crippen LogP contribution is -2.14. The SMILES string of the molecule is O=C(Nc1ccc(C(F)(F)F)cn1)C1CC1. The third kappa shape index (κ3) is 2.50. The molecule has 1 fully saturated rings. The lowest BCUT2D eigenvalue weighted by molar-refractivity contribution is -0.137. The summed E-state index contributed by atoms with van der Waals surface area (Å²) < 4.78 is 36.6. The van der Waals surface area contributed by atoms with Gasteiger partial charge in [-0.1, -0.05) is 0 Å². The Hall–Kier alpha value is -1.59. The minimum absolute atomic E-state index is 0.00379. The zero-order valence-corrected chi connectivity index (χ0v) is 8.21.